The van der Waals surface area contributed by atoms with Crippen LogP contribution in [0.3, 0.4) is 0 Å². The molecule has 0 radical (unpaired) electrons. The average Bonchev–Trinajstić information content (AvgIpc) is 2.84. The standard InChI is InChI=1S/C18H20ClNO6S/c1-10-11-6-13(19)15(25-3)8-14(11)26-17(22)12(10)7-16(21)20-18(2)4-5-27(23,24)9-18/h6,8H,4-5,7,9H2,1-3H3,(H,20,21)/t18-/m1/s1. The third-order valence-electron chi connectivity index (χ3n) is 4.84. The lowest BCUT2D eigenvalue weighted by molar-refractivity contribution is -0.122. The molecule has 1 saturated heterocycles. The van der Waals surface area contributed by atoms with Gasteiger partial charge >= 0.3 is 5.63 Å². The van der Waals surface area contributed by atoms with Gasteiger partial charge in [0.15, 0.2) is 9.84 Å². The summed E-state index contributed by atoms with van der Waals surface area (Å²) in [5, 5.41) is 3.72. The summed E-state index contributed by atoms with van der Waals surface area (Å²) >= 11 is 6.15. The molecular weight excluding hydrogens is 394 g/mol. The van der Waals surface area contributed by atoms with Crippen molar-refractivity contribution in [2.24, 2.45) is 0 Å². The summed E-state index contributed by atoms with van der Waals surface area (Å²) < 4.78 is 33.8. The largest absolute Gasteiger partial charge is 0.495 e. The third kappa shape index (κ3) is 3.96. The number of aryl methyl sites for hydroxylation is 1. The van der Waals surface area contributed by atoms with Gasteiger partial charge in [-0.05, 0) is 31.9 Å². The number of halogens is 1. The van der Waals surface area contributed by atoms with E-state index in [9.17, 15) is 18.0 Å². The SMILES string of the molecule is COc1cc2oc(=O)c(CC(=O)N[C@]3(C)CCS(=O)(=O)C3)c(C)c2cc1Cl. The Bertz CT molecular complexity index is 1090. The fourth-order valence-corrected chi connectivity index (χ4v) is 5.73. The van der Waals surface area contributed by atoms with Crippen LogP contribution in [0.4, 0.5) is 0 Å². The highest BCUT2D eigenvalue weighted by Gasteiger charge is 2.39. The fraction of sp³-hybridized carbons (Fsp3) is 0.444. The molecule has 0 aliphatic carbocycles. The highest BCUT2D eigenvalue weighted by molar-refractivity contribution is 7.91. The molecule has 2 heterocycles. The molecule has 1 atom stereocenters. The number of rotatable bonds is 4. The second-order valence-corrected chi connectivity index (χ2v) is 9.69. The van der Waals surface area contributed by atoms with E-state index < -0.39 is 26.9 Å². The van der Waals surface area contributed by atoms with Crippen LogP contribution < -0.4 is 15.7 Å². The zero-order valence-electron chi connectivity index (χ0n) is 15.2. The lowest BCUT2D eigenvalue weighted by Crippen LogP contribution is -2.47. The molecule has 3 rings (SSSR count). The van der Waals surface area contributed by atoms with E-state index in [2.05, 4.69) is 5.32 Å². The Balaban J connectivity index is 1.91. The molecule has 0 saturated carbocycles. The number of ether oxygens (including phenoxy) is 1. The van der Waals surface area contributed by atoms with Crippen molar-refractivity contribution < 1.29 is 22.4 Å². The van der Waals surface area contributed by atoms with Gasteiger partial charge in [0, 0.05) is 11.5 Å². The van der Waals surface area contributed by atoms with Crippen molar-refractivity contribution in [3.63, 3.8) is 0 Å². The first kappa shape index (κ1) is 19.7. The average molecular weight is 414 g/mol. The number of methoxy groups -OCH3 is 1. The number of amides is 1. The first-order valence-corrected chi connectivity index (χ1v) is 10.5. The van der Waals surface area contributed by atoms with Crippen molar-refractivity contribution in [3.8, 4) is 5.75 Å². The van der Waals surface area contributed by atoms with Crippen LogP contribution in [0.1, 0.15) is 24.5 Å². The molecule has 1 aromatic carbocycles. The highest BCUT2D eigenvalue weighted by atomic mass is 35.5. The molecule has 1 fully saturated rings. The Labute approximate surface area is 161 Å². The molecule has 1 aliphatic heterocycles. The molecule has 2 aromatic rings. The highest BCUT2D eigenvalue weighted by Crippen LogP contribution is 2.31. The first-order chi connectivity index (χ1) is 12.5. The predicted molar refractivity (Wildman–Crippen MR) is 102 cm³/mol. The number of carbonyl (C=O) groups excluding carboxylic acids is 1. The number of carbonyl (C=O) groups is 1. The van der Waals surface area contributed by atoms with Gasteiger partial charge in [-0.1, -0.05) is 11.6 Å². The van der Waals surface area contributed by atoms with E-state index in [0.29, 0.717) is 33.7 Å². The summed E-state index contributed by atoms with van der Waals surface area (Å²) in [6.45, 7) is 3.41. The predicted octanol–water partition coefficient (Wildman–Crippen LogP) is 2.00. The molecule has 0 bridgehead atoms. The second-order valence-electron chi connectivity index (χ2n) is 7.10. The maximum atomic E-state index is 12.5. The number of hydrogen-bond donors (Lipinski definition) is 1. The van der Waals surface area contributed by atoms with Crippen molar-refractivity contribution in [3.05, 3.63) is 38.7 Å². The van der Waals surface area contributed by atoms with Crippen LogP contribution in [0.25, 0.3) is 11.0 Å². The van der Waals surface area contributed by atoms with Gasteiger partial charge in [-0.25, -0.2) is 13.2 Å². The summed E-state index contributed by atoms with van der Waals surface area (Å²) in [6, 6.07) is 3.15. The van der Waals surface area contributed by atoms with E-state index in [1.165, 1.54) is 13.2 Å². The van der Waals surface area contributed by atoms with Crippen LogP contribution >= 0.6 is 11.6 Å². The summed E-state index contributed by atoms with van der Waals surface area (Å²) in [5.41, 5.74) is -0.325. The second kappa shape index (κ2) is 6.83. The quantitative estimate of drug-likeness (QED) is 0.769. The van der Waals surface area contributed by atoms with Crippen molar-refractivity contribution in [2.75, 3.05) is 18.6 Å². The van der Waals surface area contributed by atoms with Gasteiger partial charge in [-0.3, -0.25) is 4.79 Å². The lowest BCUT2D eigenvalue weighted by atomic mass is 10.00. The molecule has 146 valence electrons. The summed E-state index contributed by atoms with van der Waals surface area (Å²) in [7, 11) is -1.69. The Morgan fingerprint density at radius 1 is 1.41 bits per heavy atom. The zero-order chi connectivity index (χ0) is 20.0. The van der Waals surface area contributed by atoms with Gasteiger partial charge in [0.25, 0.3) is 0 Å². The van der Waals surface area contributed by atoms with E-state index in [1.807, 2.05) is 0 Å². The Hall–Kier alpha value is -2.06. The van der Waals surface area contributed by atoms with E-state index >= 15 is 0 Å². The smallest absolute Gasteiger partial charge is 0.340 e. The van der Waals surface area contributed by atoms with Gasteiger partial charge in [0.05, 0.1) is 41.2 Å². The van der Waals surface area contributed by atoms with Crippen molar-refractivity contribution >= 4 is 38.3 Å². The lowest BCUT2D eigenvalue weighted by Gasteiger charge is -2.24. The minimum atomic E-state index is -3.15. The zero-order valence-corrected chi connectivity index (χ0v) is 16.8. The van der Waals surface area contributed by atoms with E-state index in [-0.39, 0.29) is 23.5 Å². The van der Waals surface area contributed by atoms with Crippen LogP contribution in [0.5, 0.6) is 5.75 Å². The Kier molecular flexibility index (Phi) is 4.98. The molecule has 7 nitrogen and oxygen atoms in total. The van der Waals surface area contributed by atoms with Crippen LogP contribution in [0, 0.1) is 6.92 Å². The van der Waals surface area contributed by atoms with Crippen molar-refractivity contribution in [2.45, 2.75) is 32.2 Å². The summed E-state index contributed by atoms with van der Waals surface area (Å²) in [5.74, 6) is -0.107. The van der Waals surface area contributed by atoms with Gasteiger partial charge in [-0.15, -0.1) is 0 Å². The first-order valence-electron chi connectivity index (χ1n) is 8.35. The van der Waals surface area contributed by atoms with Gasteiger partial charge in [0.2, 0.25) is 5.91 Å². The van der Waals surface area contributed by atoms with Gasteiger partial charge in [0.1, 0.15) is 11.3 Å². The third-order valence-corrected chi connectivity index (χ3v) is 7.04. The topological polar surface area (TPSA) is 103 Å². The minimum absolute atomic E-state index is 0.0429. The van der Waals surface area contributed by atoms with E-state index in [0.717, 1.165) is 0 Å². The number of fused-ring (bicyclic) bond motifs is 1. The molecule has 27 heavy (non-hydrogen) atoms. The normalized spacial score (nSPS) is 21.3. The summed E-state index contributed by atoms with van der Waals surface area (Å²) in [4.78, 5) is 24.8. The minimum Gasteiger partial charge on any atom is -0.495 e. The van der Waals surface area contributed by atoms with Crippen LogP contribution in [0.2, 0.25) is 5.02 Å². The molecule has 1 aromatic heterocycles. The van der Waals surface area contributed by atoms with E-state index in [4.69, 9.17) is 20.8 Å². The molecule has 1 N–H and O–H groups in total. The van der Waals surface area contributed by atoms with Crippen molar-refractivity contribution in [1.29, 1.82) is 0 Å². The number of hydrogen-bond acceptors (Lipinski definition) is 6. The van der Waals surface area contributed by atoms with Crippen molar-refractivity contribution in [1.82, 2.24) is 5.32 Å². The number of sulfone groups is 1. The molecule has 0 unspecified atom stereocenters. The molecule has 9 heteroatoms. The monoisotopic (exact) mass is 413 g/mol. The van der Waals surface area contributed by atoms with Gasteiger partial charge < -0.3 is 14.5 Å². The maximum absolute atomic E-state index is 12.5. The Morgan fingerprint density at radius 3 is 2.70 bits per heavy atom. The van der Waals surface area contributed by atoms with E-state index in [1.54, 1.807) is 19.9 Å². The fourth-order valence-electron chi connectivity index (χ4n) is 3.40. The van der Waals surface area contributed by atoms with Crippen LogP contribution in [-0.4, -0.2) is 38.5 Å². The molecule has 1 amide bonds. The maximum Gasteiger partial charge on any atom is 0.340 e. The summed E-state index contributed by atoms with van der Waals surface area (Å²) in [6.07, 6.45) is 0.144. The van der Waals surface area contributed by atoms with Crippen LogP contribution in [-0.2, 0) is 21.1 Å². The Morgan fingerprint density at radius 2 is 2.11 bits per heavy atom. The number of nitrogens with one attached hydrogen (secondary N) is 1. The molecular formula is C18H20ClNO6S. The van der Waals surface area contributed by atoms with Gasteiger partial charge in [-0.2, -0.15) is 0 Å². The molecule has 0 spiro atoms. The molecule has 1 aliphatic rings. The number of benzene rings is 1. The van der Waals surface area contributed by atoms with Crippen LogP contribution in [0.15, 0.2) is 21.3 Å².